The average Bonchev–Trinajstić information content (AvgIpc) is 3.10. The summed E-state index contributed by atoms with van der Waals surface area (Å²) in [7, 11) is 0. The van der Waals surface area contributed by atoms with Crippen molar-refractivity contribution in [1.29, 1.82) is 0 Å². The van der Waals surface area contributed by atoms with Gasteiger partial charge in [0.1, 0.15) is 12.7 Å². The maximum absolute atomic E-state index is 4.18. The zero-order valence-electron chi connectivity index (χ0n) is 9.52. The molecule has 0 unspecified atom stereocenters. The molecule has 5 nitrogen and oxygen atoms in total. The van der Waals surface area contributed by atoms with E-state index >= 15 is 0 Å². The number of aromatic nitrogens is 4. The molecule has 0 aliphatic rings. The fourth-order valence-electron chi connectivity index (χ4n) is 1.64. The van der Waals surface area contributed by atoms with Gasteiger partial charge in [0.2, 0.25) is 0 Å². The van der Waals surface area contributed by atoms with Crippen molar-refractivity contribution in [3.8, 4) is 5.69 Å². The average molecular weight is 257 g/mol. The molecule has 0 radical (unpaired) electrons. The largest absolute Gasteiger partial charge is 0.357 e. The van der Waals surface area contributed by atoms with Crippen molar-refractivity contribution < 1.29 is 0 Å². The van der Waals surface area contributed by atoms with Crippen molar-refractivity contribution >= 4 is 16.5 Å². The SMILES string of the molecule is c1cc(CNc2nccs2)cc(-n2cncn2)c1. The first-order chi connectivity index (χ1) is 8.92. The Bertz CT molecular complexity index is 603. The predicted octanol–water partition coefficient (Wildman–Crippen LogP) is 2.34. The molecule has 1 aromatic carbocycles. The first kappa shape index (κ1) is 10.9. The Hall–Kier alpha value is -2.21. The minimum absolute atomic E-state index is 0.746. The number of nitrogens with zero attached hydrogens (tertiary/aromatic N) is 4. The summed E-state index contributed by atoms with van der Waals surface area (Å²) in [5, 5.41) is 10.3. The molecule has 0 spiro atoms. The highest BCUT2D eigenvalue weighted by molar-refractivity contribution is 7.13. The lowest BCUT2D eigenvalue weighted by Gasteiger charge is -2.05. The fraction of sp³-hybridized carbons (Fsp3) is 0.0833. The van der Waals surface area contributed by atoms with Crippen LogP contribution in [0.1, 0.15) is 5.56 Å². The zero-order valence-corrected chi connectivity index (χ0v) is 10.3. The summed E-state index contributed by atoms with van der Waals surface area (Å²) < 4.78 is 1.74. The molecule has 3 rings (SSSR count). The van der Waals surface area contributed by atoms with Crippen molar-refractivity contribution in [2.75, 3.05) is 5.32 Å². The monoisotopic (exact) mass is 257 g/mol. The van der Waals surface area contributed by atoms with Crippen LogP contribution >= 0.6 is 11.3 Å². The number of thiazole rings is 1. The molecule has 0 bridgehead atoms. The van der Waals surface area contributed by atoms with Gasteiger partial charge in [-0.25, -0.2) is 14.6 Å². The van der Waals surface area contributed by atoms with Crippen LogP contribution in [-0.4, -0.2) is 19.7 Å². The maximum Gasteiger partial charge on any atom is 0.182 e. The Labute approximate surface area is 108 Å². The van der Waals surface area contributed by atoms with Gasteiger partial charge in [0, 0.05) is 18.1 Å². The summed E-state index contributed by atoms with van der Waals surface area (Å²) in [6, 6.07) is 8.16. The Morgan fingerprint density at radius 2 is 2.33 bits per heavy atom. The van der Waals surface area contributed by atoms with E-state index < -0.39 is 0 Å². The number of rotatable bonds is 4. The topological polar surface area (TPSA) is 55.6 Å². The number of anilines is 1. The highest BCUT2D eigenvalue weighted by Crippen LogP contribution is 2.14. The fourth-order valence-corrected chi connectivity index (χ4v) is 2.17. The molecule has 0 atom stereocenters. The van der Waals surface area contributed by atoms with Crippen LogP contribution in [0.5, 0.6) is 0 Å². The van der Waals surface area contributed by atoms with E-state index in [1.165, 1.54) is 11.9 Å². The molecule has 2 aromatic heterocycles. The van der Waals surface area contributed by atoms with E-state index in [4.69, 9.17) is 0 Å². The molecule has 0 saturated carbocycles. The van der Waals surface area contributed by atoms with Gasteiger partial charge >= 0.3 is 0 Å². The van der Waals surface area contributed by atoms with Crippen LogP contribution in [0.2, 0.25) is 0 Å². The van der Waals surface area contributed by atoms with Gasteiger partial charge in [0.05, 0.1) is 5.69 Å². The van der Waals surface area contributed by atoms with Crippen LogP contribution in [0.4, 0.5) is 5.13 Å². The van der Waals surface area contributed by atoms with E-state index in [2.05, 4.69) is 32.5 Å². The number of hydrogen-bond donors (Lipinski definition) is 1. The van der Waals surface area contributed by atoms with Gasteiger partial charge in [0.15, 0.2) is 5.13 Å². The molecule has 0 aliphatic carbocycles. The second kappa shape index (κ2) is 4.97. The predicted molar refractivity (Wildman–Crippen MR) is 70.8 cm³/mol. The van der Waals surface area contributed by atoms with Crippen LogP contribution in [0.15, 0.2) is 48.5 Å². The molecular weight excluding hydrogens is 246 g/mol. The zero-order chi connectivity index (χ0) is 12.2. The van der Waals surface area contributed by atoms with Gasteiger partial charge in [-0.3, -0.25) is 0 Å². The smallest absolute Gasteiger partial charge is 0.182 e. The second-order valence-corrected chi connectivity index (χ2v) is 4.60. The van der Waals surface area contributed by atoms with Crippen LogP contribution in [-0.2, 0) is 6.54 Å². The standard InChI is InChI=1S/C12H11N5S/c1-2-10(7-15-12-14-4-5-18-12)6-11(3-1)17-9-13-8-16-17/h1-6,8-9H,7H2,(H,14,15). The Morgan fingerprint density at radius 3 is 3.11 bits per heavy atom. The summed E-state index contributed by atoms with van der Waals surface area (Å²) in [5.41, 5.74) is 2.18. The summed E-state index contributed by atoms with van der Waals surface area (Å²) in [5.74, 6) is 0. The molecule has 0 aliphatic heterocycles. The van der Waals surface area contributed by atoms with Gasteiger partial charge in [-0.15, -0.1) is 11.3 Å². The first-order valence-corrected chi connectivity index (χ1v) is 6.37. The molecule has 0 saturated heterocycles. The van der Waals surface area contributed by atoms with Crippen LogP contribution in [0.25, 0.3) is 5.69 Å². The lowest BCUT2D eigenvalue weighted by Crippen LogP contribution is -2.01. The van der Waals surface area contributed by atoms with Crippen LogP contribution in [0.3, 0.4) is 0 Å². The van der Waals surface area contributed by atoms with E-state index in [0.29, 0.717) is 0 Å². The third-order valence-corrected chi connectivity index (χ3v) is 3.20. The molecule has 18 heavy (non-hydrogen) atoms. The van der Waals surface area contributed by atoms with E-state index in [9.17, 15) is 0 Å². The number of benzene rings is 1. The number of hydrogen-bond acceptors (Lipinski definition) is 5. The van der Waals surface area contributed by atoms with Crippen molar-refractivity contribution in [1.82, 2.24) is 19.7 Å². The van der Waals surface area contributed by atoms with E-state index in [1.807, 2.05) is 17.5 Å². The second-order valence-electron chi connectivity index (χ2n) is 3.70. The van der Waals surface area contributed by atoms with Gasteiger partial charge < -0.3 is 5.32 Å². The van der Waals surface area contributed by atoms with Gasteiger partial charge in [0.25, 0.3) is 0 Å². The molecule has 0 amide bonds. The Balaban J connectivity index is 1.75. The molecule has 1 N–H and O–H groups in total. The van der Waals surface area contributed by atoms with Crippen molar-refractivity contribution in [3.05, 3.63) is 54.1 Å². The quantitative estimate of drug-likeness (QED) is 0.779. The van der Waals surface area contributed by atoms with Crippen molar-refractivity contribution in [2.24, 2.45) is 0 Å². The molecule has 90 valence electrons. The van der Waals surface area contributed by atoms with Crippen molar-refractivity contribution in [2.45, 2.75) is 6.54 Å². The highest BCUT2D eigenvalue weighted by atomic mass is 32.1. The molecule has 2 heterocycles. The molecule has 0 fully saturated rings. The minimum atomic E-state index is 0.746. The van der Waals surface area contributed by atoms with Gasteiger partial charge in [-0.1, -0.05) is 12.1 Å². The maximum atomic E-state index is 4.18. The summed E-state index contributed by atoms with van der Waals surface area (Å²) in [4.78, 5) is 8.13. The van der Waals surface area contributed by atoms with Gasteiger partial charge in [-0.2, -0.15) is 5.10 Å². The number of nitrogens with one attached hydrogen (secondary N) is 1. The Morgan fingerprint density at radius 1 is 1.33 bits per heavy atom. The lowest BCUT2D eigenvalue weighted by molar-refractivity contribution is 0.876. The summed E-state index contributed by atoms with van der Waals surface area (Å²) in [6.07, 6.45) is 5.01. The normalized spacial score (nSPS) is 10.4. The summed E-state index contributed by atoms with van der Waals surface area (Å²) >= 11 is 1.59. The molecule has 3 aromatic rings. The van der Waals surface area contributed by atoms with Crippen LogP contribution < -0.4 is 5.32 Å². The lowest BCUT2D eigenvalue weighted by atomic mass is 10.2. The third-order valence-electron chi connectivity index (χ3n) is 2.47. The minimum Gasteiger partial charge on any atom is -0.357 e. The van der Waals surface area contributed by atoms with E-state index in [-0.39, 0.29) is 0 Å². The highest BCUT2D eigenvalue weighted by Gasteiger charge is 2.00. The van der Waals surface area contributed by atoms with E-state index in [0.717, 1.165) is 17.4 Å². The Kier molecular flexibility index (Phi) is 3.01. The van der Waals surface area contributed by atoms with Crippen molar-refractivity contribution in [3.63, 3.8) is 0 Å². The molecule has 6 heteroatoms. The first-order valence-electron chi connectivity index (χ1n) is 5.49. The van der Waals surface area contributed by atoms with Crippen LogP contribution in [0, 0.1) is 0 Å². The molecular formula is C12H11N5S. The summed E-state index contributed by atoms with van der Waals surface area (Å²) in [6.45, 7) is 0.746. The third kappa shape index (κ3) is 2.38. The van der Waals surface area contributed by atoms with Gasteiger partial charge in [-0.05, 0) is 17.7 Å². The van der Waals surface area contributed by atoms with E-state index in [1.54, 1.807) is 28.5 Å².